The number of aryl methyl sites for hydroxylation is 1. The molecule has 0 aliphatic rings. The van der Waals surface area contributed by atoms with E-state index in [9.17, 15) is 9.59 Å². The fourth-order valence-electron chi connectivity index (χ4n) is 1.30. The van der Waals surface area contributed by atoms with Crippen LogP contribution in [0.25, 0.3) is 0 Å². The van der Waals surface area contributed by atoms with Crippen molar-refractivity contribution in [1.29, 1.82) is 0 Å². The normalized spacial score (nSPS) is 14.2. The highest BCUT2D eigenvalue weighted by atomic mass is 16.4. The van der Waals surface area contributed by atoms with Gasteiger partial charge in [-0.3, -0.25) is 4.79 Å². The van der Waals surface area contributed by atoms with E-state index in [2.05, 4.69) is 5.32 Å². The van der Waals surface area contributed by atoms with E-state index in [4.69, 9.17) is 5.11 Å². The molecule has 0 saturated heterocycles. The van der Waals surface area contributed by atoms with Crippen molar-refractivity contribution < 1.29 is 14.7 Å². The number of aromatic nitrogens is 1. The molecule has 0 aliphatic carbocycles. The molecular weight excluding hydrogens is 208 g/mol. The van der Waals surface area contributed by atoms with Crippen molar-refractivity contribution in [3.63, 3.8) is 0 Å². The Morgan fingerprint density at radius 3 is 2.56 bits per heavy atom. The van der Waals surface area contributed by atoms with Gasteiger partial charge in [0.15, 0.2) is 0 Å². The molecule has 1 aromatic rings. The van der Waals surface area contributed by atoms with Crippen LogP contribution in [0.15, 0.2) is 18.3 Å². The summed E-state index contributed by atoms with van der Waals surface area (Å²) in [4.78, 5) is 22.8. The molecule has 1 unspecified atom stereocenters. The largest absolute Gasteiger partial charge is 0.480 e. The zero-order valence-corrected chi connectivity index (χ0v) is 9.65. The molecule has 88 valence electrons. The van der Waals surface area contributed by atoms with Gasteiger partial charge in [-0.25, -0.2) is 4.79 Å². The van der Waals surface area contributed by atoms with E-state index in [0.717, 1.165) is 0 Å². The van der Waals surface area contributed by atoms with Crippen LogP contribution in [0, 0.1) is 0 Å². The van der Waals surface area contributed by atoms with Gasteiger partial charge in [0.25, 0.3) is 5.91 Å². The van der Waals surface area contributed by atoms with Crippen LogP contribution in [0.5, 0.6) is 0 Å². The first-order chi connectivity index (χ1) is 7.40. The summed E-state index contributed by atoms with van der Waals surface area (Å²) in [6, 6.07) is 3.38. The molecule has 0 aliphatic heterocycles. The Kier molecular flexibility index (Phi) is 3.37. The van der Waals surface area contributed by atoms with Crippen molar-refractivity contribution >= 4 is 11.9 Å². The number of hydrogen-bond donors (Lipinski definition) is 2. The summed E-state index contributed by atoms with van der Waals surface area (Å²) in [5, 5.41) is 11.6. The number of hydrogen-bond acceptors (Lipinski definition) is 2. The van der Waals surface area contributed by atoms with Crippen molar-refractivity contribution in [2.75, 3.05) is 0 Å². The number of carbonyl (C=O) groups is 2. The van der Waals surface area contributed by atoms with E-state index in [0.29, 0.717) is 12.1 Å². The molecule has 5 nitrogen and oxygen atoms in total. The van der Waals surface area contributed by atoms with Crippen molar-refractivity contribution in [1.82, 2.24) is 9.88 Å². The Balaban J connectivity index is 2.86. The van der Waals surface area contributed by atoms with Crippen LogP contribution in [0.2, 0.25) is 0 Å². The smallest absolute Gasteiger partial charge is 0.329 e. The number of nitrogens with one attached hydrogen (secondary N) is 1. The Morgan fingerprint density at radius 1 is 1.56 bits per heavy atom. The lowest BCUT2D eigenvalue weighted by molar-refractivity contribution is -0.143. The van der Waals surface area contributed by atoms with Gasteiger partial charge in [-0.1, -0.05) is 6.92 Å². The van der Waals surface area contributed by atoms with E-state index in [1.165, 1.54) is 6.92 Å². The molecule has 1 rings (SSSR count). The van der Waals surface area contributed by atoms with E-state index in [1.807, 2.05) is 0 Å². The van der Waals surface area contributed by atoms with Crippen LogP contribution in [-0.2, 0) is 11.8 Å². The zero-order chi connectivity index (χ0) is 12.3. The quantitative estimate of drug-likeness (QED) is 0.801. The molecule has 5 heteroatoms. The highest BCUT2D eigenvalue weighted by Gasteiger charge is 2.33. The molecule has 1 atom stereocenters. The van der Waals surface area contributed by atoms with Crippen LogP contribution in [0.1, 0.15) is 30.8 Å². The first-order valence-corrected chi connectivity index (χ1v) is 5.08. The van der Waals surface area contributed by atoms with E-state index in [-0.39, 0.29) is 5.91 Å². The second-order valence-electron chi connectivity index (χ2n) is 3.95. The summed E-state index contributed by atoms with van der Waals surface area (Å²) in [6.07, 6.45) is 2.07. The van der Waals surface area contributed by atoms with Crippen molar-refractivity contribution in [2.45, 2.75) is 25.8 Å². The number of aliphatic carboxylic acids is 1. The SMILES string of the molecule is CCC(C)(NC(=O)c1cccn1C)C(=O)O. The monoisotopic (exact) mass is 224 g/mol. The molecule has 0 bridgehead atoms. The molecule has 1 heterocycles. The van der Waals surface area contributed by atoms with Gasteiger partial charge in [-0.2, -0.15) is 0 Å². The molecule has 0 aromatic carbocycles. The van der Waals surface area contributed by atoms with Crippen LogP contribution >= 0.6 is 0 Å². The van der Waals surface area contributed by atoms with Crippen molar-refractivity contribution in [3.8, 4) is 0 Å². The molecule has 2 N–H and O–H groups in total. The zero-order valence-electron chi connectivity index (χ0n) is 9.65. The highest BCUT2D eigenvalue weighted by Crippen LogP contribution is 2.11. The minimum absolute atomic E-state index is 0.332. The van der Waals surface area contributed by atoms with Crippen LogP contribution in [-0.4, -0.2) is 27.1 Å². The van der Waals surface area contributed by atoms with Crippen LogP contribution in [0.4, 0.5) is 0 Å². The average molecular weight is 224 g/mol. The summed E-state index contributed by atoms with van der Waals surface area (Å²) < 4.78 is 1.65. The third kappa shape index (κ3) is 2.24. The predicted molar refractivity (Wildman–Crippen MR) is 59.2 cm³/mol. The Labute approximate surface area is 94.1 Å². The molecule has 0 fully saturated rings. The minimum Gasteiger partial charge on any atom is -0.480 e. The maximum Gasteiger partial charge on any atom is 0.329 e. The van der Waals surface area contributed by atoms with Gasteiger partial charge in [-0.15, -0.1) is 0 Å². The molecular formula is C11H16N2O3. The van der Waals surface area contributed by atoms with Crippen molar-refractivity contribution in [3.05, 3.63) is 24.0 Å². The lowest BCUT2D eigenvalue weighted by atomic mass is 9.99. The third-order valence-electron chi connectivity index (χ3n) is 2.74. The topological polar surface area (TPSA) is 71.3 Å². The first kappa shape index (κ1) is 12.3. The summed E-state index contributed by atoms with van der Waals surface area (Å²) in [6.45, 7) is 3.22. The van der Waals surface area contributed by atoms with E-state index < -0.39 is 11.5 Å². The number of nitrogens with zero attached hydrogens (tertiary/aromatic N) is 1. The van der Waals surface area contributed by atoms with Gasteiger partial charge in [0, 0.05) is 13.2 Å². The number of carboxylic acids is 1. The minimum atomic E-state index is -1.22. The molecule has 1 aromatic heterocycles. The summed E-state index contributed by atoms with van der Waals surface area (Å²) in [5.74, 6) is -1.41. The molecule has 16 heavy (non-hydrogen) atoms. The highest BCUT2D eigenvalue weighted by molar-refractivity contribution is 5.96. The fourth-order valence-corrected chi connectivity index (χ4v) is 1.30. The van der Waals surface area contributed by atoms with Crippen LogP contribution < -0.4 is 5.32 Å². The summed E-state index contributed by atoms with van der Waals surface area (Å²) >= 11 is 0. The van der Waals surface area contributed by atoms with Gasteiger partial charge in [0.1, 0.15) is 11.2 Å². The van der Waals surface area contributed by atoms with E-state index in [1.54, 1.807) is 36.9 Å². The average Bonchev–Trinajstić information content (AvgIpc) is 2.64. The maximum atomic E-state index is 11.8. The van der Waals surface area contributed by atoms with Gasteiger partial charge in [0.05, 0.1) is 0 Å². The lowest BCUT2D eigenvalue weighted by Gasteiger charge is -2.24. The second kappa shape index (κ2) is 4.38. The van der Waals surface area contributed by atoms with E-state index >= 15 is 0 Å². The number of carbonyl (C=O) groups excluding carboxylic acids is 1. The summed E-state index contributed by atoms with van der Waals surface area (Å²) in [5.41, 5.74) is -0.776. The first-order valence-electron chi connectivity index (χ1n) is 5.08. The maximum absolute atomic E-state index is 11.8. The summed E-state index contributed by atoms with van der Waals surface area (Å²) in [7, 11) is 1.74. The van der Waals surface area contributed by atoms with Gasteiger partial charge in [-0.05, 0) is 25.5 Å². The Hall–Kier alpha value is -1.78. The number of carboxylic acid groups (broad SMARTS) is 1. The number of rotatable bonds is 4. The Morgan fingerprint density at radius 2 is 2.19 bits per heavy atom. The molecule has 0 saturated carbocycles. The molecule has 1 amide bonds. The number of amides is 1. The predicted octanol–water partition coefficient (Wildman–Crippen LogP) is 1.01. The van der Waals surface area contributed by atoms with Crippen LogP contribution in [0.3, 0.4) is 0 Å². The fraction of sp³-hybridized carbons (Fsp3) is 0.455. The van der Waals surface area contributed by atoms with Gasteiger partial charge in [0.2, 0.25) is 0 Å². The molecule has 0 radical (unpaired) electrons. The lowest BCUT2D eigenvalue weighted by Crippen LogP contribution is -2.52. The second-order valence-corrected chi connectivity index (χ2v) is 3.95. The molecule has 0 spiro atoms. The van der Waals surface area contributed by atoms with Gasteiger partial charge >= 0.3 is 5.97 Å². The van der Waals surface area contributed by atoms with Crippen molar-refractivity contribution in [2.24, 2.45) is 7.05 Å². The third-order valence-corrected chi connectivity index (χ3v) is 2.74. The van der Waals surface area contributed by atoms with Gasteiger partial charge < -0.3 is 15.0 Å². The Bertz CT molecular complexity index is 411. The standard InChI is InChI=1S/C11H16N2O3/c1-4-11(2,10(15)16)12-9(14)8-6-5-7-13(8)3/h5-7H,4H2,1-3H3,(H,12,14)(H,15,16).